The average molecular weight is 434 g/mol. The van der Waals surface area contributed by atoms with Crippen LogP contribution >= 0.6 is 0 Å². The monoisotopic (exact) mass is 433 g/mol. The Bertz CT molecular complexity index is 960. The summed E-state index contributed by atoms with van der Waals surface area (Å²) in [6, 6.07) is 13.7. The van der Waals surface area contributed by atoms with E-state index in [1.165, 1.54) is 30.7 Å². The fourth-order valence-electron chi connectivity index (χ4n) is 3.30. The molecule has 0 unspecified atom stereocenters. The average Bonchev–Trinajstić information content (AvgIpc) is 2.79. The summed E-state index contributed by atoms with van der Waals surface area (Å²) in [6.07, 6.45) is 0. The van der Waals surface area contributed by atoms with Crippen molar-refractivity contribution >= 4 is 15.9 Å². The van der Waals surface area contributed by atoms with Crippen LogP contribution in [-0.4, -0.2) is 70.5 Å². The SMILES string of the molecule is COc1ccc(S(=O)(=O)N(CC(=O)N2CCNCC2)Cc2ccccc2)cc1OC. The number of ether oxygens (including phenoxy) is 2. The number of carbonyl (C=O) groups is 1. The van der Waals surface area contributed by atoms with Crippen molar-refractivity contribution in [2.45, 2.75) is 11.4 Å². The van der Waals surface area contributed by atoms with Crippen molar-refractivity contribution in [1.82, 2.24) is 14.5 Å². The zero-order valence-electron chi connectivity index (χ0n) is 17.2. The maximum Gasteiger partial charge on any atom is 0.243 e. The van der Waals surface area contributed by atoms with E-state index >= 15 is 0 Å². The Morgan fingerprint density at radius 3 is 2.33 bits per heavy atom. The van der Waals surface area contributed by atoms with Gasteiger partial charge in [-0.3, -0.25) is 4.79 Å². The molecule has 0 radical (unpaired) electrons. The van der Waals surface area contributed by atoms with Gasteiger partial charge in [-0.15, -0.1) is 0 Å². The first-order chi connectivity index (χ1) is 14.5. The third-order valence-corrected chi connectivity index (χ3v) is 6.76. The van der Waals surface area contributed by atoms with E-state index in [4.69, 9.17) is 9.47 Å². The van der Waals surface area contributed by atoms with E-state index in [0.29, 0.717) is 37.7 Å². The fraction of sp³-hybridized carbons (Fsp3) is 0.381. The van der Waals surface area contributed by atoms with Gasteiger partial charge in [0.25, 0.3) is 0 Å². The molecule has 1 amide bonds. The minimum Gasteiger partial charge on any atom is -0.493 e. The molecule has 1 N–H and O–H groups in total. The highest BCUT2D eigenvalue weighted by Gasteiger charge is 2.30. The number of carbonyl (C=O) groups excluding carboxylic acids is 1. The van der Waals surface area contributed by atoms with Crippen molar-refractivity contribution in [3.8, 4) is 11.5 Å². The smallest absolute Gasteiger partial charge is 0.243 e. The van der Waals surface area contributed by atoms with Gasteiger partial charge in [-0.1, -0.05) is 30.3 Å². The molecule has 0 saturated carbocycles. The van der Waals surface area contributed by atoms with Gasteiger partial charge in [0.05, 0.1) is 25.7 Å². The highest BCUT2D eigenvalue weighted by atomic mass is 32.2. The van der Waals surface area contributed by atoms with Crippen LogP contribution in [0.15, 0.2) is 53.4 Å². The molecule has 1 fully saturated rings. The molecular weight excluding hydrogens is 406 g/mol. The lowest BCUT2D eigenvalue weighted by Crippen LogP contribution is -2.50. The minimum atomic E-state index is -3.96. The normalized spacial score (nSPS) is 14.6. The number of nitrogens with zero attached hydrogens (tertiary/aromatic N) is 2. The molecule has 0 spiro atoms. The van der Waals surface area contributed by atoms with Gasteiger partial charge in [0, 0.05) is 38.8 Å². The van der Waals surface area contributed by atoms with Crippen LogP contribution in [0.2, 0.25) is 0 Å². The van der Waals surface area contributed by atoms with E-state index in [-0.39, 0.29) is 23.9 Å². The van der Waals surface area contributed by atoms with Crippen LogP contribution < -0.4 is 14.8 Å². The molecule has 9 heteroatoms. The van der Waals surface area contributed by atoms with E-state index in [0.717, 1.165) is 5.56 Å². The van der Waals surface area contributed by atoms with Crippen LogP contribution in [-0.2, 0) is 21.4 Å². The number of hydrogen-bond donors (Lipinski definition) is 1. The van der Waals surface area contributed by atoms with Crippen LogP contribution in [0.3, 0.4) is 0 Å². The third kappa shape index (κ3) is 5.10. The lowest BCUT2D eigenvalue weighted by atomic mass is 10.2. The van der Waals surface area contributed by atoms with Crippen LogP contribution in [0.1, 0.15) is 5.56 Å². The maximum absolute atomic E-state index is 13.5. The lowest BCUT2D eigenvalue weighted by molar-refractivity contribution is -0.132. The summed E-state index contributed by atoms with van der Waals surface area (Å²) < 4.78 is 38.6. The molecule has 2 aromatic carbocycles. The van der Waals surface area contributed by atoms with Gasteiger partial charge >= 0.3 is 0 Å². The molecule has 1 aliphatic heterocycles. The van der Waals surface area contributed by atoms with E-state index < -0.39 is 10.0 Å². The molecule has 2 aromatic rings. The van der Waals surface area contributed by atoms with Gasteiger partial charge in [0.2, 0.25) is 15.9 Å². The van der Waals surface area contributed by atoms with E-state index in [9.17, 15) is 13.2 Å². The molecule has 162 valence electrons. The Balaban J connectivity index is 1.92. The largest absolute Gasteiger partial charge is 0.493 e. The molecule has 0 bridgehead atoms. The minimum absolute atomic E-state index is 0.0455. The van der Waals surface area contributed by atoms with Crippen molar-refractivity contribution in [3.05, 3.63) is 54.1 Å². The predicted molar refractivity (Wildman–Crippen MR) is 113 cm³/mol. The zero-order chi connectivity index (χ0) is 21.6. The standard InChI is InChI=1S/C21H27N3O5S/c1-28-19-9-8-18(14-20(19)29-2)30(26,27)24(15-17-6-4-3-5-7-17)16-21(25)23-12-10-22-11-13-23/h3-9,14,22H,10-13,15-16H2,1-2H3. The second kappa shape index (κ2) is 9.92. The number of piperazine rings is 1. The zero-order valence-corrected chi connectivity index (χ0v) is 18.0. The quantitative estimate of drug-likeness (QED) is 0.676. The summed E-state index contributed by atoms with van der Waals surface area (Å²) in [4.78, 5) is 14.6. The second-order valence-electron chi connectivity index (χ2n) is 6.91. The number of hydrogen-bond acceptors (Lipinski definition) is 6. The first kappa shape index (κ1) is 22.1. The highest BCUT2D eigenvalue weighted by molar-refractivity contribution is 7.89. The van der Waals surface area contributed by atoms with Crippen molar-refractivity contribution in [3.63, 3.8) is 0 Å². The third-order valence-electron chi connectivity index (χ3n) is 4.98. The molecule has 0 atom stereocenters. The molecular formula is C21H27N3O5S. The Morgan fingerprint density at radius 2 is 1.70 bits per heavy atom. The second-order valence-corrected chi connectivity index (χ2v) is 8.84. The van der Waals surface area contributed by atoms with Gasteiger partial charge in [0.15, 0.2) is 11.5 Å². The maximum atomic E-state index is 13.5. The number of sulfonamides is 1. The molecule has 1 aliphatic rings. The summed E-state index contributed by atoms with van der Waals surface area (Å²) >= 11 is 0. The Hall–Kier alpha value is -2.62. The topological polar surface area (TPSA) is 88.2 Å². The van der Waals surface area contributed by atoms with Crippen LogP contribution in [0, 0.1) is 0 Å². The number of methoxy groups -OCH3 is 2. The van der Waals surface area contributed by atoms with Crippen molar-refractivity contribution in [1.29, 1.82) is 0 Å². The predicted octanol–water partition coefficient (Wildman–Crippen LogP) is 1.33. The summed E-state index contributed by atoms with van der Waals surface area (Å²) in [5.41, 5.74) is 0.801. The Kier molecular flexibility index (Phi) is 7.30. The van der Waals surface area contributed by atoms with Gasteiger partial charge in [-0.05, 0) is 17.7 Å². The van der Waals surface area contributed by atoms with Crippen molar-refractivity contribution in [2.75, 3.05) is 46.9 Å². The molecule has 1 heterocycles. The van der Waals surface area contributed by atoms with Gasteiger partial charge in [-0.25, -0.2) is 8.42 Å². The first-order valence-corrected chi connectivity index (χ1v) is 11.1. The summed E-state index contributed by atoms with van der Waals surface area (Å²) in [5, 5.41) is 3.19. The Morgan fingerprint density at radius 1 is 1.03 bits per heavy atom. The molecule has 1 saturated heterocycles. The Labute approximate surface area is 177 Å². The van der Waals surface area contributed by atoms with Crippen LogP contribution in [0.25, 0.3) is 0 Å². The highest BCUT2D eigenvalue weighted by Crippen LogP contribution is 2.31. The van der Waals surface area contributed by atoms with Crippen LogP contribution in [0.4, 0.5) is 0 Å². The lowest BCUT2D eigenvalue weighted by Gasteiger charge is -2.30. The molecule has 8 nitrogen and oxygen atoms in total. The van der Waals surface area contributed by atoms with Crippen molar-refractivity contribution < 1.29 is 22.7 Å². The molecule has 3 rings (SSSR count). The van der Waals surface area contributed by atoms with E-state index in [1.807, 2.05) is 30.3 Å². The molecule has 30 heavy (non-hydrogen) atoms. The number of nitrogens with one attached hydrogen (secondary N) is 1. The number of rotatable bonds is 8. The molecule has 0 aliphatic carbocycles. The van der Waals surface area contributed by atoms with Crippen molar-refractivity contribution in [2.24, 2.45) is 0 Å². The number of benzene rings is 2. The summed E-state index contributed by atoms with van der Waals surface area (Å²) in [6.45, 7) is 2.39. The molecule has 0 aromatic heterocycles. The van der Waals surface area contributed by atoms with Crippen LogP contribution in [0.5, 0.6) is 11.5 Å². The van der Waals surface area contributed by atoms with E-state index in [2.05, 4.69) is 5.32 Å². The van der Waals surface area contributed by atoms with Gasteiger partial charge in [0.1, 0.15) is 0 Å². The summed E-state index contributed by atoms with van der Waals surface area (Å²) in [7, 11) is -1.02. The number of amides is 1. The van der Waals surface area contributed by atoms with Gasteiger partial charge in [-0.2, -0.15) is 4.31 Å². The van der Waals surface area contributed by atoms with Gasteiger partial charge < -0.3 is 19.7 Å². The first-order valence-electron chi connectivity index (χ1n) is 9.70. The summed E-state index contributed by atoms with van der Waals surface area (Å²) in [5.74, 6) is 0.533. The van der Waals surface area contributed by atoms with E-state index in [1.54, 1.807) is 11.0 Å². The fourth-order valence-corrected chi connectivity index (χ4v) is 4.70.